The Hall–Kier alpha value is -2.89. The van der Waals surface area contributed by atoms with Gasteiger partial charge in [-0.15, -0.1) is 0 Å². The van der Waals surface area contributed by atoms with E-state index in [0.29, 0.717) is 16.7 Å². The molecule has 27 heavy (non-hydrogen) atoms. The predicted octanol–water partition coefficient (Wildman–Crippen LogP) is 5.24. The number of para-hydroxylation sites is 1. The number of rotatable bonds is 6. The van der Waals surface area contributed by atoms with Crippen LogP contribution in [0, 0.1) is 0 Å². The molecule has 0 spiro atoms. The number of halogens is 1. The van der Waals surface area contributed by atoms with Gasteiger partial charge in [0.2, 0.25) is 0 Å². The topological polar surface area (TPSA) is 45.7 Å². The van der Waals surface area contributed by atoms with Crippen LogP contribution in [0.2, 0.25) is 5.02 Å². The lowest BCUT2D eigenvalue weighted by Crippen LogP contribution is -2.23. The highest BCUT2D eigenvalue weighted by Gasteiger charge is 1.98. The molecule has 0 amide bonds. The van der Waals surface area contributed by atoms with E-state index >= 15 is 0 Å². The predicted molar refractivity (Wildman–Crippen MR) is 116 cm³/mol. The van der Waals surface area contributed by atoms with Crippen molar-refractivity contribution in [3.8, 4) is 5.75 Å². The van der Waals surface area contributed by atoms with Crippen molar-refractivity contribution in [3.63, 3.8) is 0 Å². The van der Waals surface area contributed by atoms with Gasteiger partial charge in [0.15, 0.2) is 5.11 Å². The Morgan fingerprint density at radius 3 is 2.56 bits per heavy atom. The molecule has 3 aromatic carbocycles. The lowest BCUT2D eigenvalue weighted by molar-refractivity contribution is 0.306. The number of hydrogen-bond acceptors (Lipinski definition) is 3. The molecule has 0 heterocycles. The van der Waals surface area contributed by atoms with Crippen molar-refractivity contribution in [2.45, 2.75) is 6.61 Å². The zero-order valence-corrected chi connectivity index (χ0v) is 16.0. The van der Waals surface area contributed by atoms with E-state index < -0.39 is 0 Å². The van der Waals surface area contributed by atoms with E-state index in [-0.39, 0.29) is 0 Å². The molecule has 0 radical (unpaired) electrons. The van der Waals surface area contributed by atoms with Crippen LogP contribution in [-0.2, 0) is 6.61 Å². The van der Waals surface area contributed by atoms with Crippen molar-refractivity contribution < 1.29 is 4.74 Å². The lowest BCUT2D eigenvalue weighted by atomic mass is 10.2. The zero-order chi connectivity index (χ0) is 18.9. The van der Waals surface area contributed by atoms with Crippen LogP contribution in [0.5, 0.6) is 5.75 Å². The van der Waals surface area contributed by atoms with E-state index in [0.717, 1.165) is 22.6 Å². The Labute approximate surface area is 168 Å². The molecule has 0 aliphatic rings. The summed E-state index contributed by atoms with van der Waals surface area (Å²) in [6, 6.07) is 24.9. The summed E-state index contributed by atoms with van der Waals surface area (Å²) >= 11 is 11.1. The first-order valence-electron chi connectivity index (χ1n) is 8.31. The monoisotopic (exact) mass is 395 g/mol. The van der Waals surface area contributed by atoms with Gasteiger partial charge in [-0.1, -0.05) is 54.1 Å². The van der Waals surface area contributed by atoms with E-state index in [1.807, 2.05) is 78.9 Å². The standard InChI is InChI=1S/C21H18ClN3OS/c22-18-11-9-16(10-12-18)15-26-20-8-4-5-17(13-20)14-23-25-21(27)24-19-6-2-1-3-7-19/h1-14H,15H2,(H2,24,25,27)/b23-14+. The van der Waals surface area contributed by atoms with Gasteiger partial charge in [0, 0.05) is 10.7 Å². The van der Waals surface area contributed by atoms with Gasteiger partial charge < -0.3 is 10.1 Å². The highest BCUT2D eigenvalue weighted by atomic mass is 35.5. The largest absolute Gasteiger partial charge is 0.489 e. The molecule has 0 fully saturated rings. The summed E-state index contributed by atoms with van der Waals surface area (Å²) in [5.74, 6) is 0.763. The van der Waals surface area contributed by atoms with E-state index in [9.17, 15) is 0 Å². The van der Waals surface area contributed by atoms with Gasteiger partial charge in [-0.25, -0.2) is 0 Å². The first kappa shape index (κ1) is 18.9. The first-order chi connectivity index (χ1) is 13.2. The molecule has 0 saturated carbocycles. The van der Waals surface area contributed by atoms with Crippen LogP contribution in [0.3, 0.4) is 0 Å². The van der Waals surface area contributed by atoms with Crippen molar-refractivity contribution in [2.75, 3.05) is 5.32 Å². The minimum Gasteiger partial charge on any atom is -0.489 e. The van der Waals surface area contributed by atoms with Crippen LogP contribution in [0.4, 0.5) is 5.69 Å². The zero-order valence-electron chi connectivity index (χ0n) is 14.4. The van der Waals surface area contributed by atoms with E-state index in [4.69, 9.17) is 28.6 Å². The van der Waals surface area contributed by atoms with Crippen LogP contribution in [0.1, 0.15) is 11.1 Å². The highest BCUT2D eigenvalue weighted by molar-refractivity contribution is 7.80. The molecule has 136 valence electrons. The van der Waals surface area contributed by atoms with Crippen LogP contribution in [-0.4, -0.2) is 11.3 Å². The SMILES string of the molecule is S=C(N/N=C/c1cccc(OCc2ccc(Cl)cc2)c1)Nc1ccccc1. The fraction of sp³-hybridized carbons (Fsp3) is 0.0476. The highest BCUT2D eigenvalue weighted by Crippen LogP contribution is 2.15. The van der Waals surface area contributed by atoms with Gasteiger partial charge in [0.1, 0.15) is 12.4 Å². The molecular weight excluding hydrogens is 378 g/mol. The summed E-state index contributed by atoms with van der Waals surface area (Å²) in [5.41, 5.74) is 5.66. The fourth-order valence-corrected chi connectivity index (χ4v) is 2.57. The van der Waals surface area contributed by atoms with Gasteiger partial charge in [-0.05, 0) is 59.7 Å². The van der Waals surface area contributed by atoms with E-state index in [1.165, 1.54) is 0 Å². The molecule has 3 aromatic rings. The number of nitrogens with one attached hydrogen (secondary N) is 2. The Balaban J connectivity index is 1.51. The molecule has 0 aliphatic heterocycles. The second-order valence-electron chi connectivity index (χ2n) is 5.68. The number of thiocarbonyl (C=S) groups is 1. The number of nitrogens with zero attached hydrogens (tertiary/aromatic N) is 1. The third-order valence-corrected chi connectivity index (χ3v) is 4.03. The molecule has 6 heteroatoms. The number of benzene rings is 3. The van der Waals surface area contributed by atoms with Crippen LogP contribution >= 0.6 is 23.8 Å². The average molecular weight is 396 g/mol. The quantitative estimate of drug-likeness (QED) is 0.340. The maximum absolute atomic E-state index is 5.89. The lowest BCUT2D eigenvalue weighted by Gasteiger charge is -2.07. The summed E-state index contributed by atoms with van der Waals surface area (Å²) in [5, 5.41) is 8.35. The average Bonchev–Trinajstić information content (AvgIpc) is 2.69. The van der Waals surface area contributed by atoms with Crippen LogP contribution in [0.25, 0.3) is 0 Å². The molecule has 0 atom stereocenters. The van der Waals surface area contributed by atoms with Crippen molar-refractivity contribution >= 4 is 40.8 Å². The van der Waals surface area contributed by atoms with Crippen LogP contribution in [0.15, 0.2) is 84.0 Å². The second kappa shape index (κ2) is 9.71. The molecule has 0 saturated heterocycles. The number of ether oxygens (including phenoxy) is 1. The number of hydrogen-bond donors (Lipinski definition) is 2. The van der Waals surface area contributed by atoms with Gasteiger partial charge in [0.05, 0.1) is 6.21 Å². The number of anilines is 1. The minimum absolute atomic E-state index is 0.424. The van der Waals surface area contributed by atoms with Crippen LogP contribution < -0.4 is 15.5 Å². The van der Waals surface area contributed by atoms with Gasteiger partial charge in [-0.3, -0.25) is 5.43 Å². The molecule has 0 aromatic heterocycles. The van der Waals surface area contributed by atoms with Crippen molar-refractivity contribution in [2.24, 2.45) is 5.10 Å². The normalized spacial score (nSPS) is 10.6. The summed E-state index contributed by atoms with van der Waals surface area (Å²) in [7, 11) is 0. The molecule has 2 N–H and O–H groups in total. The Bertz CT molecular complexity index is 914. The number of hydrazone groups is 1. The Morgan fingerprint density at radius 1 is 1.00 bits per heavy atom. The maximum Gasteiger partial charge on any atom is 0.191 e. The van der Waals surface area contributed by atoms with E-state index in [1.54, 1.807) is 6.21 Å². The molecule has 0 aliphatic carbocycles. The van der Waals surface area contributed by atoms with E-state index in [2.05, 4.69) is 15.8 Å². The van der Waals surface area contributed by atoms with Gasteiger partial charge in [-0.2, -0.15) is 5.10 Å². The third-order valence-electron chi connectivity index (χ3n) is 3.59. The van der Waals surface area contributed by atoms with Crippen molar-refractivity contribution in [1.29, 1.82) is 0 Å². The summed E-state index contributed by atoms with van der Waals surface area (Å²) in [4.78, 5) is 0. The summed E-state index contributed by atoms with van der Waals surface area (Å²) < 4.78 is 5.82. The summed E-state index contributed by atoms with van der Waals surface area (Å²) in [6.07, 6.45) is 1.69. The Kier molecular flexibility index (Phi) is 6.79. The molecule has 0 bridgehead atoms. The van der Waals surface area contributed by atoms with Gasteiger partial charge >= 0.3 is 0 Å². The first-order valence-corrected chi connectivity index (χ1v) is 9.10. The van der Waals surface area contributed by atoms with Crippen molar-refractivity contribution in [3.05, 3.63) is 95.0 Å². The second-order valence-corrected chi connectivity index (χ2v) is 6.52. The smallest absolute Gasteiger partial charge is 0.191 e. The molecule has 3 rings (SSSR count). The van der Waals surface area contributed by atoms with Gasteiger partial charge in [0.25, 0.3) is 0 Å². The molecule has 0 unspecified atom stereocenters. The fourth-order valence-electron chi connectivity index (χ4n) is 2.28. The maximum atomic E-state index is 5.89. The summed E-state index contributed by atoms with van der Waals surface area (Å²) in [6.45, 7) is 0.473. The third kappa shape index (κ3) is 6.40. The van der Waals surface area contributed by atoms with Crippen molar-refractivity contribution in [1.82, 2.24) is 5.43 Å². The Morgan fingerprint density at radius 2 is 1.78 bits per heavy atom. The minimum atomic E-state index is 0.424. The molecular formula is C21H18ClN3OS. The molecule has 4 nitrogen and oxygen atoms in total.